The van der Waals surface area contributed by atoms with Gasteiger partial charge in [-0.2, -0.15) is 18.3 Å². The zero-order chi connectivity index (χ0) is 32.3. The van der Waals surface area contributed by atoms with E-state index in [1.165, 1.54) is 4.52 Å². The van der Waals surface area contributed by atoms with Crippen LogP contribution >= 0.6 is 0 Å². The van der Waals surface area contributed by atoms with Crippen LogP contribution in [0.3, 0.4) is 0 Å². The number of aromatic nitrogens is 4. The van der Waals surface area contributed by atoms with Crippen molar-refractivity contribution in [1.29, 1.82) is 0 Å². The first-order valence-electron chi connectivity index (χ1n) is 16.3. The molecular weight excluding hydrogens is 601 g/mol. The van der Waals surface area contributed by atoms with Crippen LogP contribution in [-0.4, -0.2) is 57.5 Å². The second kappa shape index (κ2) is 13.9. The number of piperidine rings is 1. The van der Waals surface area contributed by atoms with Crippen molar-refractivity contribution in [2.45, 2.75) is 83.0 Å². The lowest BCUT2D eigenvalue weighted by molar-refractivity contribution is -0.183. The van der Waals surface area contributed by atoms with Crippen LogP contribution in [0.25, 0.3) is 5.78 Å². The number of carbonyl (C=O) groups excluding carboxylic acids is 2. The number of carbonyl (C=O) groups is 2. The minimum atomic E-state index is -4.40. The summed E-state index contributed by atoms with van der Waals surface area (Å²) in [6, 6.07) is 9.01. The molecule has 1 saturated carbocycles. The Kier molecular flexibility index (Phi) is 9.76. The zero-order valence-electron chi connectivity index (χ0n) is 26.0. The van der Waals surface area contributed by atoms with E-state index in [1.54, 1.807) is 6.20 Å². The lowest BCUT2D eigenvalue weighted by Gasteiger charge is -2.32. The van der Waals surface area contributed by atoms with Crippen molar-refractivity contribution in [3.63, 3.8) is 0 Å². The van der Waals surface area contributed by atoms with Crippen LogP contribution in [0.4, 0.5) is 18.0 Å². The van der Waals surface area contributed by atoms with Crippen LogP contribution in [0.5, 0.6) is 0 Å². The lowest BCUT2D eigenvalue weighted by Crippen LogP contribution is -2.47. The molecule has 2 amide bonds. The van der Waals surface area contributed by atoms with Gasteiger partial charge in [0.25, 0.3) is 5.78 Å². The van der Waals surface area contributed by atoms with Crippen LogP contribution in [0.1, 0.15) is 86.5 Å². The van der Waals surface area contributed by atoms with Crippen molar-refractivity contribution in [3.8, 4) is 0 Å². The molecule has 13 heteroatoms. The van der Waals surface area contributed by atoms with Gasteiger partial charge in [0.05, 0.1) is 35.2 Å². The number of halogens is 3. The first-order valence-corrected chi connectivity index (χ1v) is 16.3. The monoisotopic (exact) mass is 642 g/mol. The topological polar surface area (TPSA) is 120 Å². The summed E-state index contributed by atoms with van der Waals surface area (Å²) >= 11 is 0. The first kappa shape index (κ1) is 32.2. The maximum atomic E-state index is 13.6. The number of alkyl carbamates (subject to hydrolysis) is 1. The van der Waals surface area contributed by atoms with Gasteiger partial charge in [-0.25, -0.2) is 19.3 Å². The fourth-order valence-electron chi connectivity index (χ4n) is 6.98. The molecule has 3 aromatic rings. The van der Waals surface area contributed by atoms with Gasteiger partial charge in [-0.1, -0.05) is 50.1 Å². The zero-order valence-corrected chi connectivity index (χ0v) is 26.0. The summed E-state index contributed by atoms with van der Waals surface area (Å²) in [7, 11) is 0. The van der Waals surface area contributed by atoms with Gasteiger partial charge < -0.3 is 20.1 Å². The Morgan fingerprint density at radius 1 is 1.11 bits per heavy atom. The highest BCUT2D eigenvalue weighted by Gasteiger charge is 2.45. The highest BCUT2D eigenvalue weighted by molar-refractivity contribution is 5.79. The maximum absolute atomic E-state index is 13.6. The number of fused-ring (bicyclic) bond motifs is 1. The summed E-state index contributed by atoms with van der Waals surface area (Å²) in [5.41, 5.74) is 2.61. The number of amides is 2. The molecule has 46 heavy (non-hydrogen) atoms. The molecule has 3 atom stereocenters. The van der Waals surface area contributed by atoms with Gasteiger partial charge in [-0.3, -0.25) is 4.79 Å². The van der Waals surface area contributed by atoms with Crippen molar-refractivity contribution in [2.75, 3.05) is 19.8 Å². The van der Waals surface area contributed by atoms with E-state index in [2.05, 4.69) is 17.6 Å². The van der Waals surface area contributed by atoms with Crippen molar-refractivity contribution >= 4 is 17.8 Å². The van der Waals surface area contributed by atoms with Gasteiger partial charge in [0.2, 0.25) is 5.91 Å². The number of nitrogens with zero attached hydrogens (tertiary/aromatic N) is 4. The number of hydrogen-bond acceptors (Lipinski definition) is 7. The molecule has 2 aliphatic heterocycles. The van der Waals surface area contributed by atoms with E-state index < -0.39 is 42.6 Å². The number of alkyl halides is 3. The van der Waals surface area contributed by atoms with E-state index in [1.807, 2.05) is 30.3 Å². The van der Waals surface area contributed by atoms with E-state index in [4.69, 9.17) is 24.5 Å². The van der Waals surface area contributed by atoms with Crippen LogP contribution in [-0.2, 0) is 27.3 Å². The number of rotatable bonds is 8. The van der Waals surface area contributed by atoms with E-state index >= 15 is 0 Å². The minimum Gasteiger partial charge on any atom is -0.445 e. The van der Waals surface area contributed by atoms with Gasteiger partial charge >= 0.3 is 12.3 Å². The van der Waals surface area contributed by atoms with Crippen molar-refractivity contribution < 1.29 is 32.2 Å². The quantitative estimate of drug-likeness (QED) is 0.325. The summed E-state index contributed by atoms with van der Waals surface area (Å²) in [5, 5.41) is 10.3. The lowest BCUT2D eigenvalue weighted by atomic mass is 9.78. The van der Waals surface area contributed by atoms with E-state index in [-0.39, 0.29) is 31.3 Å². The Balaban J connectivity index is 1.30. The Morgan fingerprint density at radius 2 is 1.85 bits per heavy atom. The Bertz CT molecular complexity index is 1500. The number of imidazole rings is 1. The molecule has 2 N–H and O–H groups in total. The van der Waals surface area contributed by atoms with E-state index in [0.717, 1.165) is 31.2 Å². The number of ether oxygens (including phenoxy) is 2. The van der Waals surface area contributed by atoms with Crippen LogP contribution in [0.15, 0.2) is 36.5 Å². The fraction of sp³-hybridized carbons (Fsp3) is 0.606. The third-order valence-corrected chi connectivity index (χ3v) is 9.74. The van der Waals surface area contributed by atoms with Crippen LogP contribution in [0, 0.1) is 23.7 Å². The summed E-state index contributed by atoms with van der Waals surface area (Å²) in [6.07, 6.45) is 1.80. The molecule has 248 valence electrons. The highest BCUT2D eigenvalue weighted by Crippen LogP contribution is 2.38. The smallest absolute Gasteiger partial charge is 0.408 e. The van der Waals surface area contributed by atoms with Crippen molar-refractivity contribution in [3.05, 3.63) is 59.2 Å². The number of nitrogens with one attached hydrogen (secondary N) is 2. The summed E-state index contributed by atoms with van der Waals surface area (Å²) in [4.78, 5) is 35.5. The molecule has 0 unspecified atom stereocenters. The van der Waals surface area contributed by atoms with Gasteiger partial charge in [-0.15, -0.1) is 0 Å². The fourth-order valence-corrected chi connectivity index (χ4v) is 6.98. The van der Waals surface area contributed by atoms with E-state index in [0.29, 0.717) is 54.8 Å². The molecular formula is C33H41F3N6O4. The van der Waals surface area contributed by atoms with Gasteiger partial charge in [0.1, 0.15) is 6.61 Å². The van der Waals surface area contributed by atoms with Gasteiger partial charge in [-0.05, 0) is 49.5 Å². The molecule has 2 aromatic heterocycles. The number of benzene rings is 1. The standard InChI is InChI=1S/C33H41F3N6O4/c1-20-7-9-22(10-8-20)29(40-32(44)46-19-21-5-3-2-4-6-21)27-18-42-31(38-27)39-28(23-11-13-45-14-12-23)26(41-42)16-24-15-25(33(34,35)36)17-37-30(24)43/h2-6,18,20,22-25,29H,7-17,19H2,1H3,(H,37,43)(H,40,44)/t20?,22?,24-,25+,29+/m1/s1. The maximum Gasteiger partial charge on any atom is 0.408 e. The molecule has 6 rings (SSSR count). The molecule has 3 fully saturated rings. The molecule has 4 heterocycles. The first-order chi connectivity index (χ1) is 22.1. The second-order valence-corrected chi connectivity index (χ2v) is 13.1. The third-order valence-electron chi connectivity index (χ3n) is 9.74. The van der Waals surface area contributed by atoms with Gasteiger partial charge in [0.15, 0.2) is 0 Å². The normalized spacial score (nSPS) is 25.2. The van der Waals surface area contributed by atoms with Gasteiger partial charge in [0, 0.05) is 38.0 Å². The predicted molar refractivity (Wildman–Crippen MR) is 162 cm³/mol. The SMILES string of the molecule is CC1CCC([C@H](NC(=O)OCc2ccccc2)c2cn3nc(C[C@H]4C[C@H](C(F)(F)F)CNC4=O)c(C4CCOCC4)nc3n2)CC1. The third kappa shape index (κ3) is 7.62. The average Bonchev–Trinajstić information content (AvgIpc) is 3.47. The molecule has 1 aliphatic carbocycles. The molecule has 0 bridgehead atoms. The molecule has 10 nitrogen and oxygen atoms in total. The molecule has 1 aromatic carbocycles. The van der Waals surface area contributed by atoms with Crippen LogP contribution < -0.4 is 10.6 Å². The minimum absolute atomic E-state index is 0.0202. The average molecular weight is 643 g/mol. The predicted octanol–water partition coefficient (Wildman–Crippen LogP) is 5.67. The molecule has 3 aliphatic rings. The second-order valence-electron chi connectivity index (χ2n) is 13.1. The van der Waals surface area contributed by atoms with Crippen molar-refractivity contribution in [1.82, 2.24) is 30.2 Å². The summed E-state index contributed by atoms with van der Waals surface area (Å²) in [5.74, 6) is -1.84. The molecule has 0 radical (unpaired) electrons. The largest absolute Gasteiger partial charge is 0.445 e. The Hall–Kier alpha value is -3.74. The highest BCUT2D eigenvalue weighted by atomic mass is 19.4. The van der Waals surface area contributed by atoms with Crippen molar-refractivity contribution in [2.24, 2.45) is 23.7 Å². The molecule has 0 spiro atoms. The summed E-state index contributed by atoms with van der Waals surface area (Å²) < 4.78 is 53.4. The van der Waals surface area contributed by atoms with E-state index in [9.17, 15) is 22.8 Å². The van der Waals surface area contributed by atoms with Crippen LogP contribution in [0.2, 0.25) is 0 Å². The number of hydrogen-bond donors (Lipinski definition) is 2. The Morgan fingerprint density at radius 3 is 2.57 bits per heavy atom. The summed E-state index contributed by atoms with van der Waals surface area (Å²) in [6.45, 7) is 3.02. The Labute approximate surface area is 265 Å². The molecule has 2 saturated heterocycles.